The van der Waals surface area contributed by atoms with Crippen molar-refractivity contribution < 1.29 is 22.4 Å². The number of carbonyl (C=O) groups excluding carboxylic acids is 2. The molecule has 0 saturated heterocycles. The third kappa shape index (κ3) is 7.79. The van der Waals surface area contributed by atoms with Crippen LogP contribution in [0.1, 0.15) is 68.6 Å². The molecule has 38 heavy (non-hydrogen) atoms. The maximum absolute atomic E-state index is 14.5. The van der Waals surface area contributed by atoms with Crippen molar-refractivity contribution in [3.63, 3.8) is 0 Å². The second-order valence-corrected chi connectivity index (χ2v) is 12.2. The lowest BCUT2D eigenvalue weighted by atomic mass is 9.95. The first-order valence-corrected chi connectivity index (χ1v) is 15.2. The lowest BCUT2D eigenvalue weighted by Gasteiger charge is -2.31. The van der Waals surface area contributed by atoms with Crippen LogP contribution >= 0.6 is 0 Å². The zero-order chi connectivity index (χ0) is 27.9. The predicted molar refractivity (Wildman–Crippen MR) is 149 cm³/mol. The Morgan fingerprint density at radius 1 is 1.05 bits per heavy atom. The van der Waals surface area contributed by atoms with E-state index < -0.39 is 21.9 Å². The molecule has 3 rings (SSSR count). The third-order valence-electron chi connectivity index (χ3n) is 7.41. The van der Waals surface area contributed by atoms with Gasteiger partial charge in [0.2, 0.25) is 21.8 Å². The number of halogens is 1. The molecule has 0 radical (unpaired) electrons. The van der Waals surface area contributed by atoms with E-state index in [0.717, 1.165) is 49.5 Å². The number of rotatable bonds is 11. The average molecular weight is 546 g/mol. The fourth-order valence-corrected chi connectivity index (χ4v) is 5.97. The molecule has 1 fully saturated rings. The van der Waals surface area contributed by atoms with E-state index in [0.29, 0.717) is 11.3 Å². The molecule has 0 bridgehead atoms. The van der Waals surface area contributed by atoms with Crippen molar-refractivity contribution in [2.24, 2.45) is 0 Å². The predicted octanol–water partition coefficient (Wildman–Crippen LogP) is 4.85. The number of sulfonamides is 1. The summed E-state index contributed by atoms with van der Waals surface area (Å²) < 4.78 is 41.0. The zero-order valence-electron chi connectivity index (χ0n) is 22.9. The first-order chi connectivity index (χ1) is 18.0. The molecule has 2 amide bonds. The molecule has 1 N–H and O–H groups in total. The summed E-state index contributed by atoms with van der Waals surface area (Å²) in [4.78, 5) is 28.0. The number of hydrogen-bond acceptors (Lipinski definition) is 4. The molecule has 7 nitrogen and oxygen atoms in total. The molecule has 0 spiro atoms. The summed E-state index contributed by atoms with van der Waals surface area (Å²) in [5.41, 5.74) is 2.74. The minimum Gasteiger partial charge on any atom is -0.352 e. The molecule has 2 aromatic carbocycles. The van der Waals surface area contributed by atoms with Gasteiger partial charge >= 0.3 is 0 Å². The second kappa shape index (κ2) is 13.2. The lowest BCUT2D eigenvalue weighted by molar-refractivity contribution is -0.141. The van der Waals surface area contributed by atoms with Gasteiger partial charge in [0.25, 0.3) is 0 Å². The van der Waals surface area contributed by atoms with E-state index in [4.69, 9.17) is 0 Å². The van der Waals surface area contributed by atoms with Gasteiger partial charge in [-0.15, -0.1) is 0 Å². The summed E-state index contributed by atoms with van der Waals surface area (Å²) in [7, 11) is -3.58. The summed E-state index contributed by atoms with van der Waals surface area (Å²) >= 11 is 0. The Hall–Kier alpha value is -2.94. The first kappa shape index (κ1) is 29.6. The Balaban J connectivity index is 1.75. The van der Waals surface area contributed by atoms with E-state index in [1.165, 1.54) is 15.3 Å². The van der Waals surface area contributed by atoms with E-state index in [2.05, 4.69) is 5.32 Å². The fourth-order valence-electron chi connectivity index (χ4n) is 4.95. The Kier molecular flexibility index (Phi) is 10.3. The molecule has 1 aliphatic carbocycles. The first-order valence-electron chi connectivity index (χ1n) is 13.4. The molecular formula is C29H40FN3O4S. The maximum Gasteiger partial charge on any atom is 0.242 e. The van der Waals surface area contributed by atoms with Crippen molar-refractivity contribution >= 4 is 27.5 Å². The number of nitrogens with zero attached hydrogens (tertiary/aromatic N) is 2. The average Bonchev–Trinajstić information content (AvgIpc) is 2.87. The van der Waals surface area contributed by atoms with Crippen LogP contribution in [0, 0.1) is 19.7 Å². The van der Waals surface area contributed by atoms with Gasteiger partial charge in [-0.05, 0) is 63.3 Å². The van der Waals surface area contributed by atoms with Crippen molar-refractivity contribution in [2.75, 3.05) is 17.1 Å². The van der Waals surface area contributed by atoms with E-state index in [1.54, 1.807) is 31.2 Å². The molecule has 0 aromatic heterocycles. The topological polar surface area (TPSA) is 86.8 Å². The van der Waals surface area contributed by atoms with Gasteiger partial charge in [0.05, 0.1) is 11.9 Å². The molecule has 2 aromatic rings. The summed E-state index contributed by atoms with van der Waals surface area (Å²) in [6.45, 7) is 5.53. The quantitative estimate of drug-likeness (QED) is 0.437. The van der Waals surface area contributed by atoms with Crippen molar-refractivity contribution in [3.8, 4) is 0 Å². The summed E-state index contributed by atoms with van der Waals surface area (Å²) in [5.74, 6) is -1.02. The molecule has 0 aliphatic heterocycles. The van der Waals surface area contributed by atoms with Crippen LogP contribution in [0.2, 0.25) is 0 Å². The minimum absolute atomic E-state index is 0.0202. The number of carbonyl (C=O) groups is 2. The molecule has 9 heteroatoms. The van der Waals surface area contributed by atoms with E-state index in [9.17, 15) is 22.4 Å². The van der Waals surface area contributed by atoms with Crippen LogP contribution in [-0.4, -0.2) is 50.0 Å². The summed E-state index contributed by atoms with van der Waals surface area (Å²) in [5, 5.41) is 3.07. The normalized spacial score (nSPS) is 15.1. The fraction of sp³-hybridized carbons (Fsp3) is 0.517. The van der Waals surface area contributed by atoms with Crippen LogP contribution in [0.15, 0.2) is 42.5 Å². The van der Waals surface area contributed by atoms with Crippen molar-refractivity contribution in [1.82, 2.24) is 10.2 Å². The number of hydrogen-bond donors (Lipinski definition) is 1. The second-order valence-electron chi connectivity index (χ2n) is 10.3. The summed E-state index contributed by atoms with van der Waals surface area (Å²) in [6, 6.07) is 11.0. The highest BCUT2D eigenvalue weighted by atomic mass is 32.2. The number of benzene rings is 2. The van der Waals surface area contributed by atoms with Crippen LogP contribution in [-0.2, 0) is 26.2 Å². The standard InChI is InChI=1S/C29H40FN3O4S/c1-21-12-10-17-27(22(21)2)33(38(4,36)37)19-11-18-28(34)32(20-24-13-8-9-16-26(24)30)23(3)29(35)31-25-14-6-5-7-15-25/h8-10,12-13,16-17,23,25H,5-7,11,14-15,18-20H2,1-4H3,(H,31,35). The Morgan fingerprint density at radius 2 is 1.74 bits per heavy atom. The number of amides is 2. The van der Waals surface area contributed by atoms with Gasteiger partial charge in [0.1, 0.15) is 11.9 Å². The van der Waals surface area contributed by atoms with Gasteiger partial charge in [0, 0.05) is 31.1 Å². The molecule has 1 atom stereocenters. The smallest absolute Gasteiger partial charge is 0.242 e. The lowest BCUT2D eigenvalue weighted by Crippen LogP contribution is -2.50. The van der Waals surface area contributed by atoms with Crippen LogP contribution < -0.4 is 9.62 Å². The molecule has 1 saturated carbocycles. The number of aryl methyl sites for hydroxylation is 1. The zero-order valence-corrected chi connectivity index (χ0v) is 23.7. The molecular weight excluding hydrogens is 505 g/mol. The Morgan fingerprint density at radius 3 is 2.39 bits per heavy atom. The van der Waals surface area contributed by atoms with Crippen molar-refractivity contribution in [1.29, 1.82) is 0 Å². The largest absolute Gasteiger partial charge is 0.352 e. The highest BCUT2D eigenvalue weighted by Gasteiger charge is 2.29. The van der Waals surface area contributed by atoms with Crippen LogP contribution in [0.3, 0.4) is 0 Å². The molecule has 0 heterocycles. The van der Waals surface area contributed by atoms with Gasteiger partial charge in [-0.1, -0.05) is 49.6 Å². The minimum atomic E-state index is -3.58. The van der Waals surface area contributed by atoms with Gasteiger partial charge in [-0.3, -0.25) is 13.9 Å². The highest BCUT2D eigenvalue weighted by Crippen LogP contribution is 2.26. The molecule has 1 unspecified atom stereocenters. The molecule has 1 aliphatic rings. The SMILES string of the molecule is Cc1cccc(N(CCCC(=O)N(Cc2ccccc2F)C(C)C(=O)NC2CCCCC2)S(C)(=O)=O)c1C. The van der Waals surface area contributed by atoms with Crippen LogP contribution in [0.4, 0.5) is 10.1 Å². The summed E-state index contributed by atoms with van der Waals surface area (Å²) in [6.07, 6.45) is 6.54. The van der Waals surface area contributed by atoms with Gasteiger partial charge < -0.3 is 10.2 Å². The molecule has 208 valence electrons. The van der Waals surface area contributed by atoms with Crippen LogP contribution in [0.5, 0.6) is 0 Å². The van der Waals surface area contributed by atoms with E-state index in [-0.39, 0.29) is 43.8 Å². The van der Waals surface area contributed by atoms with Gasteiger partial charge in [-0.25, -0.2) is 12.8 Å². The van der Waals surface area contributed by atoms with E-state index in [1.807, 2.05) is 26.0 Å². The number of anilines is 1. The monoisotopic (exact) mass is 545 g/mol. The van der Waals surface area contributed by atoms with Crippen molar-refractivity contribution in [3.05, 3.63) is 65.0 Å². The van der Waals surface area contributed by atoms with Gasteiger partial charge in [-0.2, -0.15) is 0 Å². The number of nitrogens with one attached hydrogen (secondary N) is 1. The third-order valence-corrected chi connectivity index (χ3v) is 8.59. The Bertz CT molecular complexity index is 1230. The van der Waals surface area contributed by atoms with Gasteiger partial charge in [0.15, 0.2) is 0 Å². The highest BCUT2D eigenvalue weighted by molar-refractivity contribution is 7.92. The Labute approximate surface area is 226 Å². The maximum atomic E-state index is 14.5. The van der Waals surface area contributed by atoms with E-state index >= 15 is 0 Å². The van der Waals surface area contributed by atoms with Crippen LogP contribution in [0.25, 0.3) is 0 Å². The van der Waals surface area contributed by atoms with Crippen molar-refractivity contribution in [2.45, 2.75) is 84.3 Å².